The summed E-state index contributed by atoms with van der Waals surface area (Å²) in [4.78, 5) is 1.26. The van der Waals surface area contributed by atoms with Crippen molar-refractivity contribution in [2.45, 2.75) is 35.6 Å². The van der Waals surface area contributed by atoms with Crippen molar-refractivity contribution in [1.82, 2.24) is 0 Å². The van der Waals surface area contributed by atoms with Gasteiger partial charge in [-0.1, -0.05) is 48.0 Å². The van der Waals surface area contributed by atoms with Gasteiger partial charge < -0.3 is 5.73 Å². The van der Waals surface area contributed by atoms with Crippen molar-refractivity contribution in [1.29, 1.82) is 0 Å². The molecule has 0 aromatic heterocycles. The van der Waals surface area contributed by atoms with Crippen LogP contribution in [0.5, 0.6) is 0 Å². The lowest BCUT2D eigenvalue weighted by atomic mass is 10.0. The molecule has 112 valence electrons. The first-order valence-corrected chi connectivity index (χ1v) is 8.23. The summed E-state index contributed by atoms with van der Waals surface area (Å²) in [5, 5.41) is 1.13. The summed E-state index contributed by atoms with van der Waals surface area (Å²) in [5.41, 5.74) is 6.80. The summed E-state index contributed by atoms with van der Waals surface area (Å²) >= 11 is 13.3. The maximum absolute atomic E-state index is 14.2. The van der Waals surface area contributed by atoms with Crippen molar-refractivity contribution in [3.8, 4) is 0 Å². The van der Waals surface area contributed by atoms with Crippen LogP contribution in [0, 0.1) is 5.82 Å². The lowest BCUT2D eigenvalue weighted by Gasteiger charge is -2.11. The molecule has 1 atom stereocenters. The van der Waals surface area contributed by atoms with Gasteiger partial charge in [-0.2, -0.15) is 0 Å². The van der Waals surface area contributed by atoms with Gasteiger partial charge in [0.2, 0.25) is 0 Å². The van der Waals surface area contributed by atoms with Crippen LogP contribution in [0.15, 0.2) is 46.2 Å². The molecule has 1 unspecified atom stereocenters. The molecular weight excluding hydrogens is 328 g/mol. The standard InChI is InChI=1S/C16H16Cl2FNS/c1-2-12(20)7-10-3-6-15(14(19)8-10)21-16-9-11(17)4-5-13(16)18/h3-6,8-9,12H,2,7,20H2,1H3. The Kier molecular flexibility index (Phi) is 5.94. The Morgan fingerprint density at radius 3 is 2.57 bits per heavy atom. The van der Waals surface area contributed by atoms with Crippen LogP contribution in [0.3, 0.4) is 0 Å². The monoisotopic (exact) mass is 343 g/mol. The van der Waals surface area contributed by atoms with Gasteiger partial charge in [0.1, 0.15) is 5.82 Å². The van der Waals surface area contributed by atoms with Crippen molar-refractivity contribution in [2.75, 3.05) is 0 Å². The van der Waals surface area contributed by atoms with Gasteiger partial charge >= 0.3 is 0 Å². The summed E-state index contributed by atoms with van der Waals surface area (Å²) in [7, 11) is 0. The van der Waals surface area contributed by atoms with Crippen LogP contribution in [-0.4, -0.2) is 6.04 Å². The summed E-state index contributed by atoms with van der Waals surface area (Å²) in [6, 6.07) is 10.4. The fourth-order valence-electron chi connectivity index (χ4n) is 1.88. The molecule has 2 aromatic rings. The van der Waals surface area contributed by atoms with E-state index >= 15 is 0 Å². The third kappa shape index (κ3) is 4.62. The Labute approximate surface area is 138 Å². The zero-order chi connectivity index (χ0) is 15.4. The average Bonchev–Trinajstić information content (AvgIpc) is 2.45. The molecule has 0 fully saturated rings. The van der Waals surface area contributed by atoms with Gasteiger partial charge in [-0.15, -0.1) is 0 Å². The highest BCUT2D eigenvalue weighted by Gasteiger charge is 2.10. The molecule has 2 N–H and O–H groups in total. The van der Waals surface area contributed by atoms with Crippen molar-refractivity contribution in [2.24, 2.45) is 5.73 Å². The van der Waals surface area contributed by atoms with E-state index in [1.54, 1.807) is 24.3 Å². The van der Waals surface area contributed by atoms with E-state index in [0.717, 1.165) is 16.9 Å². The van der Waals surface area contributed by atoms with Crippen molar-refractivity contribution in [3.63, 3.8) is 0 Å². The van der Waals surface area contributed by atoms with Crippen LogP contribution in [0.1, 0.15) is 18.9 Å². The first-order valence-electron chi connectivity index (χ1n) is 6.66. The third-order valence-corrected chi connectivity index (χ3v) is 4.92. The zero-order valence-electron chi connectivity index (χ0n) is 11.6. The van der Waals surface area contributed by atoms with Crippen LogP contribution >= 0.6 is 35.0 Å². The number of nitrogens with two attached hydrogens (primary N) is 1. The Bertz CT molecular complexity index is 634. The van der Waals surface area contributed by atoms with Gasteiger partial charge in [0.05, 0.1) is 5.02 Å². The molecule has 21 heavy (non-hydrogen) atoms. The molecule has 1 nitrogen and oxygen atoms in total. The molecule has 2 aromatic carbocycles. The Hall–Kier alpha value is -0.740. The van der Waals surface area contributed by atoms with Gasteiger partial charge in [0.15, 0.2) is 0 Å². The Balaban J connectivity index is 2.19. The zero-order valence-corrected chi connectivity index (χ0v) is 13.9. The summed E-state index contributed by atoms with van der Waals surface area (Å²) in [6.07, 6.45) is 1.55. The molecule has 0 aliphatic carbocycles. The maximum Gasteiger partial charge on any atom is 0.137 e. The second kappa shape index (κ2) is 7.50. The molecule has 0 saturated heterocycles. The van der Waals surface area contributed by atoms with Crippen LogP contribution in [0.25, 0.3) is 0 Å². The van der Waals surface area contributed by atoms with E-state index in [-0.39, 0.29) is 11.9 Å². The Morgan fingerprint density at radius 1 is 1.14 bits per heavy atom. The van der Waals surface area contributed by atoms with Crippen LogP contribution in [0.2, 0.25) is 10.0 Å². The SMILES string of the molecule is CCC(N)Cc1ccc(Sc2cc(Cl)ccc2Cl)c(F)c1. The largest absolute Gasteiger partial charge is 0.327 e. The number of hydrogen-bond donors (Lipinski definition) is 1. The van der Waals surface area contributed by atoms with E-state index < -0.39 is 0 Å². The minimum atomic E-state index is -0.267. The molecule has 0 spiro atoms. The highest BCUT2D eigenvalue weighted by molar-refractivity contribution is 7.99. The van der Waals surface area contributed by atoms with Gasteiger partial charge in [-0.05, 0) is 48.7 Å². The van der Waals surface area contributed by atoms with Crippen molar-refractivity contribution in [3.05, 3.63) is 57.8 Å². The fraction of sp³-hybridized carbons (Fsp3) is 0.250. The second-order valence-corrected chi connectivity index (χ2v) is 6.74. The first kappa shape index (κ1) is 16.6. The van der Waals surface area contributed by atoms with E-state index in [0.29, 0.717) is 21.4 Å². The fourth-order valence-corrected chi connectivity index (χ4v) is 3.23. The summed E-state index contributed by atoms with van der Waals surface area (Å²) in [5.74, 6) is -0.267. The average molecular weight is 344 g/mol. The quantitative estimate of drug-likeness (QED) is 0.768. The molecule has 0 amide bonds. The lowest BCUT2D eigenvalue weighted by molar-refractivity contribution is 0.593. The van der Waals surface area contributed by atoms with Crippen LogP contribution < -0.4 is 5.73 Å². The molecule has 0 aliphatic heterocycles. The van der Waals surface area contributed by atoms with E-state index in [2.05, 4.69) is 0 Å². The first-order chi connectivity index (χ1) is 9.99. The van der Waals surface area contributed by atoms with E-state index in [1.807, 2.05) is 13.0 Å². The van der Waals surface area contributed by atoms with Gasteiger partial charge in [-0.3, -0.25) is 0 Å². The summed E-state index contributed by atoms with van der Waals surface area (Å²) in [6.45, 7) is 2.02. The number of benzene rings is 2. The lowest BCUT2D eigenvalue weighted by Crippen LogP contribution is -2.21. The molecule has 0 radical (unpaired) electrons. The molecule has 2 rings (SSSR count). The smallest absolute Gasteiger partial charge is 0.137 e. The van der Waals surface area contributed by atoms with E-state index in [9.17, 15) is 4.39 Å². The minimum absolute atomic E-state index is 0.0604. The normalized spacial score (nSPS) is 12.4. The van der Waals surface area contributed by atoms with E-state index in [4.69, 9.17) is 28.9 Å². The predicted molar refractivity (Wildman–Crippen MR) is 89.0 cm³/mol. The van der Waals surface area contributed by atoms with Gasteiger partial charge in [-0.25, -0.2) is 4.39 Å². The van der Waals surface area contributed by atoms with Crippen LogP contribution in [0.4, 0.5) is 4.39 Å². The number of rotatable bonds is 5. The van der Waals surface area contributed by atoms with Gasteiger partial charge in [0.25, 0.3) is 0 Å². The number of halogens is 3. The maximum atomic E-state index is 14.2. The van der Waals surface area contributed by atoms with Crippen molar-refractivity contribution >= 4 is 35.0 Å². The number of hydrogen-bond acceptors (Lipinski definition) is 2. The highest BCUT2D eigenvalue weighted by Crippen LogP contribution is 2.36. The van der Waals surface area contributed by atoms with Crippen molar-refractivity contribution < 1.29 is 4.39 Å². The minimum Gasteiger partial charge on any atom is -0.327 e. The molecule has 0 heterocycles. The molecule has 0 saturated carbocycles. The molecular formula is C16H16Cl2FNS. The Morgan fingerprint density at radius 2 is 1.90 bits per heavy atom. The predicted octanol–water partition coefficient (Wildman–Crippen LogP) is 5.56. The molecule has 0 aliphatic rings. The third-order valence-electron chi connectivity index (χ3n) is 3.13. The summed E-state index contributed by atoms with van der Waals surface area (Å²) < 4.78 is 14.2. The second-order valence-electron chi connectivity index (χ2n) is 4.81. The molecule has 5 heteroatoms. The van der Waals surface area contributed by atoms with Gasteiger partial charge in [0, 0.05) is 20.9 Å². The highest BCUT2D eigenvalue weighted by atomic mass is 35.5. The topological polar surface area (TPSA) is 26.0 Å². The van der Waals surface area contributed by atoms with E-state index in [1.165, 1.54) is 17.8 Å². The molecule has 0 bridgehead atoms. The van der Waals surface area contributed by atoms with Crippen LogP contribution in [-0.2, 0) is 6.42 Å².